The number of hydrogen-bond donors (Lipinski definition) is 6. The predicted molar refractivity (Wildman–Crippen MR) is 190 cm³/mol. The van der Waals surface area contributed by atoms with E-state index in [1.807, 2.05) is 74.5 Å². The number of aliphatic carboxylic acids is 1. The molecule has 6 N–H and O–H groups in total. The number of benzene rings is 4. The van der Waals surface area contributed by atoms with E-state index in [4.69, 9.17) is 4.84 Å². The molecular weight excluding hydrogens is 634 g/mol. The van der Waals surface area contributed by atoms with E-state index < -0.39 is 48.1 Å². The number of hydrogen-bond acceptors (Lipinski definition) is 7. The molecule has 0 aliphatic heterocycles. The average Bonchev–Trinajstić information content (AvgIpc) is 3.50. The minimum Gasteiger partial charge on any atom is -0.479 e. The molecule has 0 fully saturated rings. The van der Waals surface area contributed by atoms with Gasteiger partial charge in [0.15, 0.2) is 12.2 Å². The molecule has 5 rings (SSSR count). The van der Waals surface area contributed by atoms with Crippen molar-refractivity contribution in [3.05, 3.63) is 131 Å². The SMILES string of the molecule is CC(C)CC(NC(=O)C(O)C(Cc1ccccc1)NOCc1cccc2c1Cc1ccccc1-2)C(=O)NC(Cc1ccccc1)C(O)C(=O)O. The Morgan fingerprint density at radius 1 is 0.700 bits per heavy atom. The van der Waals surface area contributed by atoms with Crippen LogP contribution in [0, 0.1) is 5.92 Å². The van der Waals surface area contributed by atoms with E-state index in [0.717, 1.165) is 23.1 Å². The van der Waals surface area contributed by atoms with Gasteiger partial charge in [0.05, 0.1) is 18.7 Å². The van der Waals surface area contributed by atoms with E-state index >= 15 is 0 Å². The van der Waals surface area contributed by atoms with Gasteiger partial charge in [-0.2, -0.15) is 5.48 Å². The van der Waals surface area contributed by atoms with Crippen LogP contribution in [0.1, 0.15) is 48.1 Å². The number of aliphatic hydroxyl groups excluding tert-OH is 2. The summed E-state index contributed by atoms with van der Waals surface area (Å²) in [6.45, 7) is 3.95. The number of rotatable bonds is 17. The number of aliphatic hydroxyl groups is 2. The standard InChI is InChI=1S/C40H45N3O7/c1-25(2)20-35(38(46)41-33(37(45)40(48)49)21-26-12-5-3-6-13-26)42-39(47)36(44)34(22-27-14-7-4-8-15-27)43-50-24-29-17-11-19-31-30-18-10-9-16-28(30)23-32(29)31/h3-19,25,33-37,43-45H,20-24H2,1-2H3,(H,41,46)(H,42,47)(H,48,49). The van der Waals surface area contributed by atoms with Crippen LogP contribution in [0.5, 0.6) is 0 Å². The van der Waals surface area contributed by atoms with Gasteiger partial charge in [-0.05, 0) is 70.5 Å². The van der Waals surface area contributed by atoms with Crippen LogP contribution in [0.25, 0.3) is 11.1 Å². The number of fused-ring (bicyclic) bond motifs is 3. The number of hydroxylamine groups is 1. The Balaban J connectivity index is 1.28. The van der Waals surface area contributed by atoms with Gasteiger partial charge < -0.3 is 26.0 Å². The first-order chi connectivity index (χ1) is 24.1. The maximum absolute atomic E-state index is 13.6. The second-order valence-electron chi connectivity index (χ2n) is 13.2. The first-order valence-corrected chi connectivity index (χ1v) is 16.9. The van der Waals surface area contributed by atoms with Gasteiger partial charge >= 0.3 is 5.97 Å². The summed E-state index contributed by atoms with van der Waals surface area (Å²) in [4.78, 5) is 44.9. The summed E-state index contributed by atoms with van der Waals surface area (Å²) in [6, 6.07) is 29.5. The smallest absolute Gasteiger partial charge is 0.334 e. The van der Waals surface area contributed by atoms with Crippen LogP contribution in [-0.4, -0.2) is 63.4 Å². The second-order valence-corrected chi connectivity index (χ2v) is 13.2. The quantitative estimate of drug-likeness (QED) is 0.0807. The summed E-state index contributed by atoms with van der Waals surface area (Å²) >= 11 is 0. The van der Waals surface area contributed by atoms with E-state index in [1.54, 1.807) is 24.3 Å². The molecule has 0 saturated heterocycles. The van der Waals surface area contributed by atoms with Crippen molar-refractivity contribution in [2.45, 2.75) is 76.5 Å². The Morgan fingerprint density at radius 2 is 1.30 bits per heavy atom. The molecule has 10 heteroatoms. The molecular formula is C40H45N3O7. The molecule has 0 radical (unpaired) electrons. The van der Waals surface area contributed by atoms with Gasteiger partial charge in [0.1, 0.15) is 6.04 Å². The molecule has 50 heavy (non-hydrogen) atoms. The lowest BCUT2D eigenvalue weighted by atomic mass is 9.98. The molecule has 0 aromatic heterocycles. The average molecular weight is 680 g/mol. The highest BCUT2D eigenvalue weighted by molar-refractivity contribution is 5.90. The number of amides is 2. The van der Waals surface area contributed by atoms with Crippen LogP contribution in [0.15, 0.2) is 103 Å². The normalized spacial score (nSPS) is 14.9. The van der Waals surface area contributed by atoms with Crippen molar-refractivity contribution in [3.63, 3.8) is 0 Å². The Bertz CT molecular complexity index is 1750. The monoisotopic (exact) mass is 679 g/mol. The van der Waals surface area contributed by atoms with Crippen LogP contribution < -0.4 is 16.1 Å². The summed E-state index contributed by atoms with van der Waals surface area (Å²) in [7, 11) is 0. The molecule has 5 atom stereocenters. The van der Waals surface area contributed by atoms with Crippen molar-refractivity contribution in [1.82, 2.24) is 16.1 Å². The Kier molecular flexibility index (Phi) is 12.5. The minimum absolute atomic E-state index is 0.0412. The number of carboxylic acid groups (broad SMARTS) is 1. The van der Waals surface area contributed by atoms with E-state index in [9.17, 15) is 29.7 Å². The fraction of sp³-hybridized carbons (Fsp3) is 0.325. The van der Waals surface area contributed by atoms with Gasteiger partial charge in [-0.3, -0.25) is 14.4 Å². The summed E-state index contributed by atoms with van der Waals surface area (Å²) < 4.78 is 0. The van der Waals surface area contributed by atoms with Gasteiger partial charge in [0.2, 0.25) is 5.91 Å². The lowest BCUT2D eigenvalue weighted by molar-refractivity contribution is -0.149. The highest BCUT2D eigenvalue weighted by Crippen LogP contribution is 2.38. The zero-order chi connectivity index (χ0) is 35.6. The summed E-state index contributed by atoms with van der Waals surface area (Å²) in [6.07, 6.45) is -2.19. The summed E-state index contributed by atoms with van der Waals surface area (Å²) in [5.74, 6) is -2.98. The third kappa shape index (κ3) is 9.42. The fourth-order valence-electron chi connectivity index (χ4n) is 6.38. The Labute approximate surface area is 292 Å². The van der Waals surface area contributed by atoms with Crippen molar-refractivity contribution in [3.8, 4) is 11.1 Å². The minimum atomic E-state index is -1.88. The van der Waals surface area contributed by atoms with Crippen molar-refractivity contribution < 1.29 is 34.5 Å². The molecule has 0 spiro atoms. The Hall–Kier alpha value is -4.87. The summed E-state index contributed by atoms with van der Waals surface area (Å²) in [5, 5.41) is 36.7. The highest BCUT2D eigenvalue weighted by atomic mass is 16.6. The van der Waals surface area contributed by atoms with Crippen LogP contribution in [0.4, 0.5) is 0 Å². The van der Waals surface area contributed by atoms with E-state index in [2.05, 4.69) is 34.3 Å². The first kappa shape index (κ1) is 36.4. The summed E-state index contributed by atoms with van der Waals surface area (Å²) in [5.41, 5.74) is 10.3. The number of carbonyl (C=O) groups excluding carboxylic acids is 2. The van der Waals surface area contributed by atoms with Crippen LogP contribution in [-0.2, 0) is 45.1 Å². The van der Waals surface area contributed by atoms with E-state index in [-0.39, 0.29) is 31.8 Å². The predicted octanol–water partition coefficient (Wildman–Crippen LogP) is 3.96. The fourth-order valence-corrected chi connectivity index (χ4v) is 6.38. The van der Waals surface area contributed by atoms with Crippen molar-refractivity contribution in [2.24, 2.45) is 5.92 Å². The van der Waals surface area contributed by atoms with Gasteiger partial charge in [0.25, 0.3) is 5.91 Å². The molecule has 0 heterocycles. The molecule has 10 nitrogen and oxygen atoms in total. The van der Waals surface area contributed by atoms with Crippen molar-refractivity contribution >= 4 is 17.8 Å². The lowest BCUT2D eigenvalue weighted by Crippen LogP contribution is -2.58. The largest absolute Gasteiger partial charge is 0.479 e. The van der Waals surface area contributed by atoms with Gasteiger partial charge in [-0.1, -0.05) is 117 Å². The molecule has 262 valence electrons. The van der Waals surface area contributed by atoms with E-state index in [1.165, 1.54) is 22.3 Å². The molecule has 1 aliphatic rings. The molecule has 4 aromatic rings. The molecule has 5 unspecified atom stereocenters. The maximum Gasteiger partial charge on any atom is 0.334 e. The van der Waals surface area contributed by atoms with Gasteiger partial charge in [-0.15, -0.1) is 0 Å². The second kappa shape index (κ2) is 17.2. The Morgan fingerprint density at radius 3 is 1.94 bits per heavy atom. The third-order valence-corrected chi connectivity index (χ3v) is 8.96. The first-order valence-electron chi connectivity index (χ1n) is 16.9. The number of carboxylic acids is 1. The van der Waals surface area contributed by atoms with Gasteiger partial charge in [0, 0.05) is 0 Å². The van der Waals surface area contributed by atoms with Crippen molar-refractivity contribution in [2.75, 3.05) is 0 Å². The molecule has 1 aliphatic carbocycles. The maximum atomic E-state index is 13.6. The highest BCUT2D eigenvalue weighted by Gasteiger charge is 2.34. The molecule has 0 bridgehead atoms. The zero-order valence-corrected chi connectivity index (χ0v) is 28.3. The van der Waals surface area contributed by atoms with Crippen LogP contribution in [0.3, 0.4) is 0 Å². The van der Waals surface area contributed by atoms with Gasteiger partial charge in [-0.25, -0.2) is 4.79 Å². The van der Waals surface area contributed by atoms with Crippen molar-refractivity contribution in [1.29, 1.82) is 0 Å². The number of carbonyl (C=O) groups is 3. The number of nitrogens with one attached hydrogen (secondary N) is 3. The van der Waals surface area contributed by atoms with Crippen LogP contribution in [0.2, 0.25) is 0 Å². The lowest BCUT2D eigenvalue weighted by Gasteiger charge is -2.28. The van der Waals surface area contributed by atoms with Crippen LogP contribution >= 0.6 is 0 Å². The molecule has 0 saturated carbocycles. The van der Waals surface area contributed by atoms with E-state index in [0.29, 0.717) is 0 Å². The topological polar surface area (TPSA) is 157 Å². The zero-order valence-electron chi connectivity index (χ0n) is 28.3. The molecule has 2 amide bonds. The molecule has 4 aromatic carbocycles. The third-order valence-electron chi connectivity index (χ3n) is 8.96.